The molecule has 0 radical (unpaired) electrons. The normalized spacial score (nSPS) is 16.6. The van der Waals surface area contributed by atoms with Crippen molar-refractivity contribution in [1.82, 2.24) is 10.3 Å². The van der Waals surface area contributed by atoms with Crippen molar-refractivity contribution in [2.24, 2.45) is 0 Å². The molecule has 8 heteroatoms. The summed E-state index contributed by atoms with van der Waals surface area (Å²) in [5, 5.41) is 15.8. The number of carboxylic acids is 1. The van der Waals surface area contributed by atoms with Gasteiger partial charge >= 0.3 is 5.97 Å². The Hall–Kier alpha value is -4.04. The maximum absolute atomic E-state index is 14.1. The lowest BCUT2D eigenvalue weighted by Crippen LogP contribution is -2.38. The molecule has 1 amide bonds. The van der Waals surface area contributed by atoms with Crippen molar-refractivity contribution in [3.05, 3.63) is 94.6 Å². The first kappa shape index (κ1) is 20.8. The molecular weight excluding hydrogens is 425 g/mol. The number of fused-ring (bicyclic) bond motifs is 2. The molecule has 1 atom stereocenters. The fourth-order valence-electron chi connectivity index (χ4n) is 4.14. The molecule has 0 aliphatic carbocycles. The van der Waals surface area contributed by atoms with Crippen LogP contribution in [0.5, 0.6) is 0 Å². The Morgan fingerprint density at radius 2 is 2.03 bits per heavy atom. The van der Waals surface area contributed by atoms with E-state index in [0.717, 1.165) is 16.7 Å². The highest BCUT2D eigenvalue weighted by Gasteiger charge is 2.31. The van der Waals surface area contributed by atoms with Crippen LogP contribution in [0.15, 0.2) is 60.9 Å². The molecule has 2 aliphatic rings. The molecule has 2 aliphatic heterocycles. The quantitative estimate of drug-likeness (QED) is 0.503. The number of amides is 1. The second-order valence-electron chi connectivity index (χ2n) is 7.97. The number of rotatable bonds is 6. The number of carboxylic acid groups (broad SMARTS) is 1. The molecular formula is C25H20FN3O4. The van der Waals surface area contributed by atoms with Gasteiger partial charge in [0.25, 0.3) is 5.91 Å². The molecule has 3 heterocycles. The number of nitrogens with one attached hydrogen (secondary N) is 2. The van der Waals surface area contributed by atoms with E-state index in [9.17, 15) is 19.1 Å². The molecule has 33 heavy (non-hydrogen) atoms. The predicted octanol–water partition coefficient (Wildman–Crippen LogP) is 3.36. The summed E-state index contributed by atoms with van der Waals surface area (Å²) in [6, 6.07) is 12.1. The molecule has 1 unspecified atom stereocenters. The van der Waals surface area contributed by atoms with E-state index in [2.05, 4.69) is 15.6 Å². The smallest absolute Gasteiger partial charge is 0.326 e. The topological polar surface area (TPSA) is 101 Å². The average molecular weight is 445 g/mol. The van der Waals surface area contributed by atoms with Crippen LogP contribution >= 0.6 is 0 Å². The van der Waals surface area contributed by atoms with E-state index in [-0.39, 0.29) is 12.0 Å². The predicted molar refractivity (Wildman–Crippen MR) is 119 cm³/mol. The molecule has 2 aromatic carbocycles. The zero-order valence-electron chi connectivity index (χ0n) is 17.5. The van der Waals surface area contributed by atoms with E-state index >= 15 is 0 Å². The average Bonchev–Trinajstić information content (AvgIpc) is 3.40. The lowest BCUT2D eigenvalue weighted by molar-refractivity contribution is -0.139. The fourth-order valence-corrected chi connectivity index (χ4v) is 4.14. The molecule has 5 rings (SSSR count). The van der Waals surface area contributed by atoms with Crippen LogP contribution in [0, 0.1) is 5.82 Å². The molecule has 0 fully saturated rings. The maximum Gasteiger partial charge on any atom is 0.326 e. The molecule has 7 nitrogen and oxygen atoms in total. The van der Waals surface area contributed by atoms with E-state index in [1.54, 1.807) is 24.5 Å². The molecule has 0 spiro atoms. The Kier molecular flexibility index (Phi) is 5.35. The fraction of sp³-hybridized carbons (Fsp3) is 0.160. The molecule has 0 saturated carbocycles. The molecule has 166 valence electrons. The van der Waals surface area contributed by atoms with E-state index < -0.39 is 23.7 Å². The van der Waals surface area contributed by atoms with Crippen LogP contribution in [0.25, 0.3) is 11.3 Å². The van der Waals surface area contributed by atoms with E-state index in [4.69, 9.17) is 4.74 Å². The van der Waals surface area contributed by atoms with Gasteiger partial charge in [0, 0.05) is 30.1 Å². The summed E-state index contributed by atoms with van der Waals surface area (Å²) >= 11 is 0. The zero-order valence-corrected chi connectivity index (χ0v) is 17.5. The van der Waals surface area contributed by atoms with Gasteiger partial charge in [-0.05, 0) is 52.6 Å². The Bertz CT molecular complexity index is 1290. The summed E-state index contributed by atoms with van der Waals surface area (Å²) in [5.41, 5.74) is 4.72. The van der Waals surface area contributed by atoms with Gasteiger partial charge in [0.15, 0.2) is 0 Å². The number of ether oxygens (including phenoxy) is 1. The van der Waals surface area contributed by atoms with Gasteiger partial charge in [0.1, 0.15) is 11.9 Å². The minimum Gasteiger partial charge on any atom is -0.480 e. The third kappa shape index (κ3) is 4.08. The van der Waals surface area contributed by atoms with Crippen molar-refractivity contribution in [2.45, 2.75) is 25.7 Å². The highest BCUT2D eigenvalue weighted by Crippen LogP contribution is 2.37. The number of nitrogens with zero attached hydrogens (tertiary/aromatic N) is 1. The van der Waals surface area contributed by atoms with Gasteiger partial charge in [-0.2, -0.15) is 0 Å². The van der Waals surface area contributed by atoms with Crippen LogP contribution < -0.4 is 10.6 Å². The number of benzene rings is 2. The lowest BCUT2D eigenvalue weighted by atomic mass is 9.96. The number of hydrogen-bond donors (Lipinski definition) is 3. The first-order chi connectivity index (χ1) is 16.0. The Morgan fingerprint density at radius 3 is 2.82 bits per heavy atom. The number of pyridine rings is 1. The molecule has 3 aromatic rings. The summed E-state index contributed by atoms with van der Waals surface area (Å²) in [5.74, 6) is -2.01. The van der Waals surface area contributed by atoms with Crippen molar-refractivity contribution in [1.29, 1.82) is 0 Å². The second-order valence-corrected chi connectivity index (χ2v) is 7.97. The van der Waals surface area contributed by atoms with Crippen LogP contribution in [0.1, 0.15) is 27.8 Å². The number of halogens is 1. The van der Waals surface area contributed by atoms with E-state index in [0.29, 0.717) is 35.7 Å². The summed E-state index contributed by atoms with van der Waals surface area (Å²) < 4.78 is 19.6. The maximum atomic E-state index is 14.1. The van der Waals surface area contributed by atoms with Crippen LogP contribution in [0.4, 0.5) is 10.1 Å². The largest absolute Gasteiger partial charge is 0.480 e. The second kappa shape index (κ2) is 8.48. The van der Waals surface area contributed by atoms with Gasteiger partial charge in [-0.3, -0.25) is 9.78 Å². The van der Waals surface area contributed by atoms with Gasteiger partial charge in [-0.15, -0.1) is 0 Å². The van der Waals surface area contributed by atoms with Crippen LogP contribution in [0.3, 0.4) is 0 Å². The Balaban J connectivity index is 1.64. The third-order valence-electron chi connectivity index (χ3n) is 5.77. The lowest BCUT2D eigenvalue weighted by Gasteiger charge is -2.21. The first-order valence-corrected chi connectivity index (χ1v) is 10.4. The first-order valence-electron chi connectivity index (χ1n) is 10.4. The SMILES string of the molecule is O=C1Nc2ccc(F)cc2C1=C(NC(Cc1cccnc1)C(=O)O)c1ccc2c(c1)COC2. The number of aromatic nitrogens is 1. The summed E-state index contributed by atoms with van der Waals surface area (Å²) in [4.78, 5) is 29.2. The number of hydrogen-bond acceptors (Lipinski definition) is 5. The minimum atomic E-state index is -1.08. The Morgan fingerprint density at radius 1 is 1.18 bits per heavy atom. The van der Waals surface area contributed by atoms with Gasteiger partial charge < -0.3 is 20.5 Å². The van der Waals surface area contributed by atoms with Gasteiger partial charge in [-0.1, -0.05) is 18.2 Å². The highest BCUT2D eigenvalue weighted by atomic mass is 19.1. The van der Waals surface area contributed by atoms with Crippen LogP contribution in [0.2, 0.25) is 0 Å². The van der Waals surface area contributed by atoms with Gasteiger partial charge in [0.05, 0.1) is 24.5 Å². The molecule has 1 aromatic heterocycles. The molecule has 0 bridgehead atoms. The van der Waals surface area contributed by atoms with Gasteiger partial charge in [-0.25, -0.2) is 9.18 Å². The van der Waals surface area contributed by atoms with Crippen molar-refractivity contribution in [2.75, 3.05) is 5.32 Å². The Labute approximate surface area is 188 Å². The minimum absolute atomic E-state index is 0.144. The van der Waals surface area contributed by atoms with Crippen LogP contribution in [-0.4, -0.2) is 28.0 Å². The molecule has 3 N–H and O–H groups in total. The number of carbonyl (C=O) groups excluding carboxylic acids is 1. The highest BCUT2D eigenvalue weighted by molar-refractivity contribution is 6.36. The van der Waals surface area contributed by atoms with E-state index in [1.165, 1.54) is 18.2 Å². The van der Waals surface area contributed by atoms with Crippen molar-refractivity contribution in [3.63, 3.8) is 0 Å². The number of aliphatic carboxylic acids is 1. The van der Waals surface area contributed by atoms with E-state index in [1.807, 2.05) is 18.2 Å². The summed E-state index contributed by atoms with van der Waals surface area (Å²) in [6.45, 7) is 0.934. The van der Waals surface area contributed by atoms with Crippen molar-refractivity contribution in [3.8, 4) is 0 Å². The van der Waals surface area contributed by atoms with Gasteiger partial charge in [0.2, 0.25) is 0 Å². The third-order valence-corrected chi connectivity index (χ3v) is 5.77. The summed E-state index contributed by atoms with van der Waals surface area (Å²) in [6.07, 6.45) is 3.36. The van der Waals surface area contributed by atoms with Crippen LogP contribution in [-0.2, 0) is 34.0 Å². The monoisotopic (exact) mass is 445 g/mol. The van der Waals surface area contributed by atoms with Crippen molar-refractivity contribution < 1.29 is 23.8 Å². The zero-order chi connectivity index (χ0) is 22.9. The van der Waals surface area contributed by atoms with Crippen molar-refractivity contribution >= 4 is 28.8 Å². The molecule has 0 saturated heterocycles. The standard InChI is InChI=1S/C25H20FN3O4/c26-18-5-6-20-19(10-18)22(24(30)29-20)23(15-3-4-16-12-33-13-17(16)9-15)28-21(25(31)32)8-14-2-1-7-27-11-14/h1-7,9-11,21,28H,8,12-13H2,(H,29,30)(H,31,32). The number of anilines is 1. The summed E-state index contributed by atoms with van der Waals surface area (Å²) in [7, 11) is 0. The number of carbonyl (C=O) groups is 2.